The molecule has 3 atom stereocenters. The molecule has 2 aliphatic heterocycles. The molecule has 4 nitrogen and oxygen atoms in total. The lowest BCUT2D eigenvalue weighted by Crippen LogP contribution is -2.41. The number of hydrogen-bond donors (Lipinski definition) is 0. The van der Waals surface area contributed by atoms with Gasteiger partial charge in [0.25, 0.3) is 5.91 Å². The number of unbranched alkanes of at least 4 members (excludes halogenated alkanes) is 2. The molecule has 160 valence electrons. The van der Waals surface area contributed by atoms with Gasteiger partial charge in [0, 0.05) is 29.2 Å². The second-order valence-corrected chi connectivity index (χ2v) is 9.02. The van der Waals surface area contributed by atoms with Gasteiger partial charge in [0.05, 0.1) is 5.69 Å². The lowest BCUT2D eigenvalue weighted by Gasteiger charge is -2.34. The van der Waals surface area contributed by atoms with Gasteiger partial charge < -0.3 is 9.64 Å². The van der Waals surface area contributed by atoms with Gasteiger partial charge in [-0.05, 0) is 70.3 Å². The molecular formula is C25H31ClN2O2. The largest absolute Gasteiger partial charge is 0.474 e. The normalized spacial score (nSPS) is 24.0. The summed E-state index contributed by atoms with van der Waals surface area (Å²) in [5, 5.41) is 0.654. The monoisotopic (exact) mass is 426 g/mol. The lowest BCUT2D eigenvalue weighted by atomic mass is 10.0. The van der Waals surface area contributed by atoms with E-state index in [1.54, 1.807) is 12.1 Å². The second-order valence-electron chi connectivity index (χ2n) is 8.58. The fraction of sp³-hybridized carbons (Fsp3) is 0.480. The van der Waals surface area contributed by atoms with Crippen molar-refractivity contribution in [3.8, 4) is 5.75 Å². The Hall–Kier alpha value is -2.04. The standard InChI is InChI=1S/C25H31ClN2O2/c1-18-10-11-19(2)27(18)16-6-3-7-17-28-22-8-4-5-9-23(22)30-24(25(28)29)20-12-14-21(26)15-13-20/h4-5,8-9,12-15,18-19,24H,3,6-7,10-11,16-17H2,1-2H3. The minimum Gasteiger partial charge on any atom is -0.474 e. The number of fused-ring (bicyclic) bond motifs is 1. The number of rotatable bonds is 7. The Balaban J connectivity index is 1.39. The highest BCUT2D eigenvalue weighted by atomic mass is 35.5. The number of hydrogen-bond acceptors (Lipinski definition) is 3. The van der Waals surface area contributed by atoms with Crippen LogP contribution in [0.15, 0.2) is 48.5 Å². The number of carbonyl (C=O) groups is 1. The van der Waals surface area contributed by atoms with Crippen LogP contribution in [-0.2, 0) is 4.79 Å². The Bertz CT molecular complexity index is 860. The van der Waals surface area contributed by atoms with Crippen molar-refractivity contribution in [1.29, 1.82) is 0 Å². The van der Waals surface area contributed by atoms with Crippen molar-refractivity contribution < 1.29 is 9.53 Å². The minimum absolute atomic E-state index is 0.00203. The zero-order valence-corrected chi connectivity index (χ0v) is 18.6. The Labute approximate surface area is 184 Å². The number of likely N-dealkylation sites (tertiary alicyclic amines) is 1. The Kier molecular flexibility index (Phi) is 6.64. The van der Waals surface area contributed by atoms with Crippen LogP contribution in [0, 0.1) is 0 Å². The van der Waals surface area contributed by atoms with Crippen molar-refractivity contribution in [2.45, 2.75) is 64.1 Å². The highest BCUT2D eigenvalue weighted by Crippen LogP contribution is 2.39. The lowest BCUT2D eigenvalue weighted by molar-refractivity contribution is -0.126. The van der Waals surface area contributed by atoms with E-state index in [1.165, 1.54) is 19.3 Å². The summed E-state index contributed by atoms with van der Waals surface area (Å²) in [6.07, 6.45) is 5.29. The topological polar surface area (TPSA) is 32.8 Å². The van der Waals surface area contributed by atoms with E-state index in [0.717, 1.165) is 36.4 Å². The molecule has 30 heavy (non-hydrogen) atoms. The van der Waals surface area contributed by atoms with E-state index in [2.05, 4.69) is 18.7 Å². The summed E-state index contributed by atoms with van der Waals surface area (Å²) >= 11 is 6.02. The Morgan fingerprint density at radius 2 is 1.60 bits per heavy atom. The van der Waals surface area contributed by atoms with Gasteiger partial charge in [-0.1, -0.05) is 42.3 Å². The SMILES string of the molecule is CC1CCC(C)N1CCCCCN1C(=O)C(c2ccc(Cl)cc2)Oc2ccccc21. The predicted molar refractivity (Wildman–Crippen MR) is 122 cm³/mol. The molecule has 0 saturated carbocycles. The number of ether oxygens (including phenoxy) is 1. The summed E-state index contributed by atoms with van der Waals surface area (Å²) in [6.45, 7) is 6.55. The molecule has 0 N–H and O–H groups in total. The molecule has 5 heteroatoms. The molecule has 1 saturated heterocycles. The van der Waals surface area contributed by atoms with Gasteiger partial charge in [0.2, 0.25) is 6.10 Å². The Morgan fingerprint density at radius 3 is 2.33 bits per heavy atom. The molecular weight excluding hydrogens is 396 g/mol. The van der Waals surface area contributed by atoms with Crippen molar-refractivity contribution in [1.82, 2.24) is 4.90 Å². The van der Waals surface area contributed by atoms with Gasteiger partial charge in [0.1, 0.15) is 5.75 Å². The summed E-state index contributed by atoms with van der Waals surface area (Å²) in [5.41, 5.74) is 1.70. The maximum atomic E-state index is 13.3. The van der Waals surface area contributed by atoms with Crippen molar-refractivity contribution in [3.05, 3.63) is 59.1 Å². The molecule has 3 unspecified atom stereocenters. The van der Waals surface area contributed by atoms with Crippen LogP contribution >= 0.6 is 11.6 Å². The molecule has 1 amide bonds. The maximum absolute atomic E-state index is 13.3. The summed E-state index contributed by atoms with van der Waals surface area (Å²) in [5.74, 6) is 0.759. The van der Waals surface area contributed by atoms with Crippen molar-refractivity contribution in [2.24, 2.45) is 0 Å². The maximum Gasteiger partial charge on any atom is 0.272 e. The molecule has 0 aliphatic carbocycles. The van der Waals surface area contributed by atoms with Gasteiger partial charge in [-0.3, -0.25) is 9.69 Å². The molecule has 4 rings (SSSR count). The summed E-state index contributed by atoms with van der Waals surface area (Å²) in [7, 11) is 0. The quantitative estimate of drug-likeness (QED) is 0.520. The van der Waals surface area contributed by atoms with Crippen LogP contribution in [0.3, 0.4) is 0 Å². The van der Waals surface area contributed by atoms with E-state index < -0.39 is 6.10 Å². The third-order valence-electron chi connectivity index (χ3n) is 6.50. The predicted octanol–water partition coefficient (Wildman–Crippen LogP) is 5.85. The molecule has 0 radical (unpaired) electrons. The molecule has 0 aromatic heterocycles. The zero-order valence-electron chi connectivity index (χ0n) is 17.9. The minimum atomic E-state index is -0.622. The fourth-order valence-electron chi connectivity index (χ4n) is 4.73. The molecule has 1 fully saturated rings. The van der Waals surface area contributed by atoms with E-state index in [0.29, 0.717) is 23.7 Å². The first kappa shape index (κ1) is 21.2. The van der Waals surface area contributed by atoms with Crippen LogP contribution < -0.4 is 9.64 Å². The summed E-state index contributed by atoms with van der Waals surface area (Å²) in [4.78, 5) is 17.8. The first-order valence-corrected chi connectivity index (χ1v) is 11.5. The highest BCUT2D eigenvalue weighted by Gasteiger charge is 2.35. The first-order chi connectivity index (χ1) is 14.5. The van der Waals surface area contributed by atoms with Crippen LogP contribution in [0.1, 0.15) is 57.6 Å². The van der Waals surface area contributed by atoms with Gasteiger partial charge in [0.15, 0.2) is 0 Å². The fourth-order valence-corrected chi connectivity index (χ4v) is 4.85. The number of anilines is 1. The molecule has 0 bridgehead atoms. The molecule has 2 aliphatic rings. The number of amides is 1. The van der Waals surface area contributed by atoms with E-state index in [4.69, 9.17) is 16.3 Å². The average Bonchev–Trinajstić information content (AvgIpc) is 3.07. The molecule has 2 aromatic rings. The number of halogens is 1. The number of carbonyl (C=O) groups excluding carboxylic acids is 1. The van der Waals surface area contributed by atoms with E-state index >= 15 is 0 Å². The van der Waals surface area contributed by atoms with Gasteiger partial charge in [-0.25, -0.2) is 0 Å². The van der Waals surface area contributed by atoms with Crippen LogP contribution in [0.4, 0.5) is 5.69 Å². The smallest absolute Gasteiger partial charge is 0.272 e. The van der Waals surface area contributed by atoms with Crippen LogP contribution in [0.2, 0.25) is 5.02 Å². The van der Waals surface area contributed by atoms with Crippen LogP contribution in [-0.4, -0.2) is 36.0 Å². The highest BCUT2D eigenvalue weighted by molar-refractivity contribution is 6.30. The van der Waals surface area contributed by atoms with Crippen LogP contribution in [0.5, 0.6) is 5.75 Å². The van der Waals surface area contributed by atoms with Gasteiger partial charge in [-0.2, -0.15) is 0 Å². The zero-order chi connectivity index (χ0) is 21.1. The van der Waals surface area contributed by atoms with Gasteiger partial charge >= 0.3 is 0 Å². The van der Waals surface area contributed by atoms with Crippen molar-refractivity contribution in [3.63, 3.8) is 0 Å². The number of nitrogens with zero attached hydrogens (tertiary/aromatic N) is 2. The first-order valence-electron chi connectivity index (χ1n) is 11.1. The van der Waals surface area contributed by atoms with Crippen LogP contribution in [0.25, 0.3) is 0 Å². The number of para-hydroxylation sites is 2. The average molecular weight is 427 g/mol. The molecule has 2 heterocycles. The van der Waals surface area contributed by atoms with Crippen molar-refractivity contribution >= 4 is 23.2 Å². The third kappa shape index (κ3) is 4.50. The van der Waals surface area contributed by atoms with E-state index in [1.807, 2.05) is 41.3 Å². The van der Waals surface area contributed by atoms with Gasteiger partial charge in [-0.15, -0.1) is 0 Å². The summed E-state index contributed by atoms with van der Waals surface area (Å²) in [6, 6.07) is 16.6. The van der Waals surface area contributed by atoms with E-state index in [9.17, 15) is 4.79 Å². The third-order valence-corrected chi connectivity index (χ3v) is 6.75. The molecule has 0 spiro atoms. The molecule has 2 aromatic carbocycles. The number of benzene rings is 2. The van der Waals surface area contributed by atoms with E-state index in [-0.39, 0.29) is 5.91 Å². The second kappa shape index (κ2) is 9.40. The van der Waals surface area contributed by atoms with Crippen molar-refractivity contribution in [2.75, 3.05) is 18.0 Å². The summed E-state index contributed by atoms with van der Waals surface area (Å²) < 4.78 is 6.08. The Morgan fingerprint density at radius 1 is 0.933 bits per heavy atom.